The zero-order valence-electron chi connectivity index (χ0n) is 6.76. The third-order valence-corrected chi connectivity index (χ3v) is 2.14. The van der Waals surface area contributed by atoms with E-state index in [1.165, 1.54) is 0 Å². The zero-order valence-corrected chi connectivity index (χ0v) is 7.58. The van der Waals surface area contributed by atoms with Crippen LogP contribution in [0.2, 0.25) is 0 Å². The summed E-state index contributed by atoms with van der Waals surface area (Å²) in [5, 5.41) is 0. The van der Waals surface area contributed by atoms with Crippen molar-refractivity contribution in [1.82, 2.24) is 0 Å². The van der Waals surface area contributed by atoms with Gasteiger partial charge in [-0.25, -0.2) is 4.21 Å². The lowest BCUT2D eigenvalue weighted by Crippen LogP contribution is -2.02. The minimum absolute atomic E-state index is 0.621. The quantitative estimate of drug-likeness (QED) is 0.599. The molecule has 1 unspecified atom stereocenters. The predicted octanol–water partition coefficient (Wildman–Crippen LogP) is 1.88. The van der Waals surface area contributed by atoms with Gasteiger partial charge in [-0.15, -0.1) is 0 Å². The molecular weight excluding hydrogens is 148 g/mol. The Hall–Kier alpha value is 0.110. The van der Waals surface area contributed by atoms with Crippen molar-refractivity contribution in [2.24, 2.45) is 0 Å². The molecule has 0 aliphatic rings. The molecule has 10 heavy (non-hydrogen) atoms. The molecule has 2 nitrogen and oxygen atoms in total. The summed E-state index contributed by atoms with van der Waals surface area (Å²) in [6.07, 6.45) is 3.02. The SMILES string of the molecule is CCCCS(=O)OCCC. The molecule has 0 bridgehead atoms. The average Bonchev–Trinajstić information content (AvgIpc) is 1.97. The molecule has 0 saturated carbocycles. The first kappa shape index (κ1) is 10.1. The maximum Gasteiger partial charge on any atom is 0.155 e. The largest absolute Gasteiger partial charge is 0.291 e. The van der Waals surface area contributed by atoms with E-state index < -0.39 is 11.1 Å². The average molecular weight is 164 g/mol. The van der Waals surface area contributed by atoms with Crippen molar-refractivity contribution >= 4 is 11.1 Å². The summed E-state index contributed by atoms with van der Waals surface area (Å²) in [5.41, 5.74) is 0. The van der Waals surface area contributed by atoms with E-state index in [0.29, 0.717) is 12.4 Å². The van der Waals surface area contributed by atoms with Gasteiger partial charge in [0.25, 0.3) is 0 Å². The maximum atomic E-state index is 10.8. The van der Waals surface area contributed by atoms with Gasteiger partial charge in [0.15, 0.2) is 11.1 Å². The van der Waals surface area contributed by atoms with Crippen LogP contribution in [0.5, 0.6) is 0 Å². The highest BCUT2D eigenvalue weighted by molar-refractivity contribution is 7.80. The molecule has 0 rings (SSSR count). The van der Waals surface area contributed by atoms with Gasteiger partial charge in [0.2, 0.25) is 0 Å². The van der Waals surface area contributed by atoms with E-state index in [0.717, 1.165) is 19.3 Å². The molecule has 0 saturated heterocycles. The number of hydrogen-bond acceptors (Lipinski definition) is 2. The lowest BCUT2D eigenvalue weighted by Gasteiger charge is -1.99. The van der Waals surface area contributed by atoms with Crippen LogP contribution in [-0.4, -0.2) is 16.6 Å². The Bertz CT molecular complexity index is 83.6. The summed E-state index contributed by atoms with van der Waals surface area (Å²) in [7, 11) is 0. The van der Waals surface area contributed by atoms with Crippen LogP contribution >= 0.6 is 0 Å². The summed E-state index contributed by atoms with van der Waals surface area (Å²) in [6, 6.07) is 0. The van der Waals surface area contributed by atoms with Gasteiger partial charge >= 0.3 is 0 Å². The first-order valence-electron chi connectivity index (χ1n) is 3.82. The van der Waals surface area contributed by atoms with Crippen LogP contribution in [0.15, 0.2) is 0 Å². The monoisotopic (exact) mass is 164 g/mol. The van der Waals surface area contributed by atoms with Gasteiger partial charge in [-0.05, 0) is 12.8 Å². The third-order valence-electron chi connectivity index (χ3n) is 1.08. The first-order valence-corrected chi connectivity index (χ1v) is 5.07. The Morgan fingerprint density at radius 1 is 1.30 bits per heavy atom. The van der Waals surface area contributed by atoms with Crippen LogP contribution < -0.4 is 0 Å². The minimum atomic E-state index is -1.02. The summed E-state index contributed by atoms with van der Waals surface area (Å²) in [5.74, 6) is 0.691. The molecule has 0 N–H and O–H groups in total. The molecule has 0 aromatic carbocycles. The van der Waals surface area contributed by atoms with Gasteiger partial charge in [0.05, 0.1) is 6.61 Å². The van der Waals surface area contributed by atoms with Crippen LogP contribution in [-0.2, 0) is 15.3 Å². The lowest BCUT2D eigenvalue weighted by atomic mass is 10.4. The standard InChI is InChI=1S/C7H16O2S/c1-3-5-7-10(8)9-6-4-2/h3-7H2,1-2H3. The number of rotatable bonds is 6. The highest BCUT2D eigenvalue weighted by Gasteiger charge is 1.96. The van der Waals surface area contributed by atoms with Crippen LogP contribution in [0.1, 0.15) is 33.1 Å². The van der Waals surface area contributed by atoms with E-state index in [-0.39, 0.29) is 0 Å². The van der Waals surface area contributed by atoms with E-state index in [1.807, 2.05) is 6.92 Å². The normalized spacial score (nSPS) is 13.4. The molecule has 0 amide bonds. The Morgan fingerprint density at radius 3 is 2.50 bits per heavy atom. The van der Waals surface area contributed by atoms with E-state index in [1.54, 1.807) is 0 Å². The molecule has 0 heterocycles. The Morgan fingerprint density at radius 2 is 2.00 bits per heavy atom. The van der Waals surface area contributed by atoms with E-state index in [2.05, 4.69) is 6.92 Å². The van der Waals surface area contributed by atoms with Gasteiger partial charge in [-0.1, -0.05) is 20.3 Å². The van der Waals surface area contributed by atoms with Crippen LogP contribution in [0.4, 0.5) is 0 Å². The molecule has 0 fully saturated rings. The second-order valence-corrected chi connectivity index (χ2v) is 3.43. The van der Waals surface area contributed by atoms with Crippen LogP contribution in [0.3, 0.4) is 0 Å². The van der Waals surface area contributed by atoms with Crippen LogP contribution in [0.25, 0.3) is 0 Å². The van der Waals surface area contributed by atoms with Gasteiger partial charge in [0, 0.05) is 5.75 Å². The topological polar surface area (TPSA) is 26.3 Å². The summed E-state index contributed by atoms with van der Waals surface area (Å²) < 4.78 is 15.8. The molecule has 1 atom stereocenters. The van der Waals surface area contributed by atoms with E-state index in [9.17, 15) is 4.21 Å². The van der Waals surface area contributed by atoms with Crippen molar-refractivity contribution < 1.29 is 8.39 Å². The number of unbranched alkanes of at least 4 members (excludes halogenated alkanes) is 1. The van der Waals surface area contributed by atoms with E-state index >= 15 is 0 Å². The molecule has 0 spiro atoms. The van der Waals surface area contributed by atoms with E-state index in [4.69, 9.17) is 4.18 Å². The van der Waals surface area contributed by atoms with Crippen molar-refractivity contribution in [2.45, 2.75) is 33.1 Å². The fourth-order valence-electron chi connectivity index (χ4n) is 0.497. The molecule has 0 radical (unpaired) electrons. The number of hydrogen-bond donors (Lipinski definition) is 0. The van der Waals surface area contributed by atoms with Crippen LogP contribution in [0, 0.1) is 0 Å². The molecule has 0 aromatic rings. The summed E-state index contributed by atoms with van der Waals surface area (Å²) >= 11 is -1.02. The Balaban J connectivity index is 3.09. The molecule has 0 aliphatic carbocycles. The smallest absolute Gasteiger partial charge is 0.155 e. The molecule has 3 heteroatoms. The molecular formula is C7H16O2S. The van der Waals surface area contributed by atoms with Crippen molar-refractivity contribution in [3.05, 3.63) is 0 Å². The fraction of sp³-hybridized carbons (Fsp3) is 1.00. The van der Waals surface area contributed by atoms with Gasteiger partial charge < -0.3 is 0 Å². The minimum Gasteiger partial charge on any atom is -0.291 e. The summed E-state index contributed by atoms with van der Waals surface area (Å²) in [4.78, 5) is 0. The van der Waals surface area contributed by atoms with Gasteiger partial charge in [-0.2, -0.15) is 0 Å². The second kappa shape index (κ2) is 7.22. The first-order chi connectivity index (χ1) is 4.81. The van der Waals surface area contributed by atoms with Crippen molar-refractivity contribution in [2.75, 3.05) is 12.4 Å². The Kier molecular flexibility index (Phi) is 7.30. The molecule has 0 aromatic heterocycles. The lowest BCUT2D eigenvalue weighted by molar-refractivity contribution is 0.346. The van der Waals surface area contributed by atoms with Crippen molar-refractivity contribution in [3.8, 4) is 0 Å². The molecule has 0 aliphatic heterocycles. The highest BCUT2D eigenvalue weighted by atomic mass is 32.2. The molecule has 62 valence electrons. The van der Waals surface area contributed by atoms with Gasteiger partial charge in [-0.3, -0.25) is 4.18 Å². The highest BCUT2D eigenvalue weighted by Crippen LogP contribution is 1.94. The Labute approximate surface area is 65.6 Å². The predicted molar refractivity (Wildman–Crippen MR) is 44.2 cm³/mol. The fourth-order valence-corrected chi connectivity index (χ4v) is 1.49. The van der Waals surface area contributed by atoms with Gasteiger partial charge in [0.1, 0.15) is 0 Å². The third kappa shape index (κ3) is 6.23. The van der Waals surface area contributed by atoms with Crippen molar-refractivity contribution in [1.29, 1.82) is 0 Å². The van der Waals surface area contributed by atoms with Crippen molar-refractivity contribution in [3.63, 3.8) is 0 Å². The maximum absolute atomic E-state index is 10.8. The second-order valence-electron chi connectivity index (χ2n) is 2.18. The summed E-state index contributed by atoms with van der Waals surface area (Å²) in [6.45, 7) is 4.71. The zero-order chi connectivity index (χ0) is 7.82.